The monoisotopic (exact) mass is 246 g/mol. The minimum Gasteiger partial charge on any atom is -0.330 e. The van der Waals surface area contributed by atoms with Gasteiger partial charge in [0.05, 0.1) is 5.56 Å². The van der Waals surface area contributed by atoms with Crippen LogP contribution in [0, 0.1) is 5.92 Å². The Kier molecular flexibility index (Phi) is 4.11. The molecule has 0 saturated heterocycles. The molecule has 0 fully saturated rings. The number of benzene rings is 1. The predicted molar refractivity (Wildman–Crippen MR) is 58.3 cm³/mol. The zero-order valence-electron chi connectivity index (χ0n) is 9.21. The quantitative estimate of drug-likeness (QED) is 0.859. The van der Waals surface area contributed by atoms with Gasteiger partial charge in [0.15, 0.2) is 0 Å². The van der Waals surface area contributed by atoms with Crippen molar-refractivity contribution in [2.75, 3.05) is 11.9 Å². The molecule has 1 aromatic carbocycles. The number of anilines is 1. The third-order valence-corrected chi connectivity index (χ3v) is 2.26. The molecule has 94 valence electrons. The second-order valence-electron chi connectivity index (χ2n) is 3.70. The van der Waals surface area contributed by atoms with Crippen LogP contribution in [-0.4, -0.2) is 12.5 Å². The molecular weight excluding hydrogens is 233 g/mol. The molecule has 1 rings (SSSR count). The molecule has 3 nitrogen and oxygen atoms in total. The molecule has 0 spiro atoms. The predicted octanol–water partition coefficient (Wildman–Crippen LogP) is 2.24. The van der Waals surface area contributed by atoms with Crippen molar-refractivity contribution < 1.29 is 18.0 Å². The Morgan fingerprint density at radius 1 is 1.47 bits per heavy atom. The van der Waals surface area contributed by atoms with Crippen LogP contribution in [0.25, 0.3) is 0 Å². The van der Waals surface area contributed by atoms with Crippen LogP contribution in [0.4, 0.5) is 18.9 Å². The molecule has 0 aliphatic heterocycles. The van der Waals surface area contributed by atoms with Gasteiger partial charge in [-0.15, -0.1) is 0 Å². The van der Waals surface area contributed by atoms with E-state index in [0.29, 0.717) is 0 Å². The van der Waals surface area contributed by atoms with Gasteiger partial charge in [-0.3, -0.25) is 4.79 Å². The Morgan fingerprint density at radius 2 is 2.12 bits per heavy atom. The van der Waals surface area contributed by atoms with E-state index in [-0.39, 0.29) is 12.2 Å². The van der Waals surface area contributed by atoms with Gasteiger partial charge < -0.3 is 11.1 Å². The Hall–Kier alpha value is -1.56. The molecule has 0 saturated carbocycles. The van der Waals surface area contributed by atoms with Gasteiger partial charge in [0, 0.05) is 18.2 Å². The van der Waals surface area contributed by atoms with E-state index in [1.165, 1.54) is 12.1 Å². The number of carbonyl (C=O) groups excluding carboxylic acids is 1. The van der Waals surface area contributed by atoms with E-state index in [0.717, 1.165) is 12.1 Å². The maximum atomic E-state index is 12.4. The number of amides is 1. The molecular formula is C11H13F3N2O. The van der Waals surface area contributed by atoms with E-state index in [1.807, 2.05) is 0 Å². The SMILES string of the molecule is CC(CN)C(=O)Nc1cccc(C(F)(F)F)c1. The van der Waals surface area contributed by atoms with Crippen LogP contribution in [0.2, 0.25) is 0 Å². The lowest BCUT2D eigenvalue weighted by molar-refractivity contribution is -0.137. The summed E-state index contributed by atoms with van der Waals surface area (Å²) in [4.78, 5) is 11.4. The number of rotatable bonds is 3. The van der Waals surface area contributed by atoms with Crippen molar-refractivity contribution in [3.8, 4) is 0 Å². The highest BCUT2D eigenvalue weighted by Gasteiger charge is 2.30. The average Bonchev–Trinajstić information content (AvgIpc) is 2.27. The van der Waals surface area contributed by atoms with Crippen molar-refractivity contribution in [1.82, 2.24) is 0 Å². The van der Waals surface area contributed by atoms with E-state index in [2.05, 4.69) is 5.32 Å². The number of nitrogens with two attached hydrogens (primary N) is 1. The van der Waals surface area contributed by atoms with Gasteiger partial charge in [-0.05, 0) is 18.2 Å². The molecule has 0 aromatic heterocycles. The highest BCUT2D eigenvalue weighted by atomic mass is 19.4. The molecule has 17 heavy (non-hydrogen) atoms. The first-order valence-electron chi connectivity index (χ1n) is 5.02. The molecule has 1 aromatic rings. The summed E-state index contributed by atoms with van der Waals surface area (Å²) in [5.41, 5.74) is 4.61. The Labute approximate surface area is 96.8 Å². The first-order chi connectivity index (χ1) is 7.84. The molecule has 1 amide bonds. The first kappa shape index (κ1) is 13.5. The number of alkyl halides is 3. The topological polar surface area (TPSA) is 55.1 Å². The van der Waals surface area contributed by atoms with Gasteiger partial charge in [0.25, 0.3) is 0 Å². The summed E-state index contributed by atoms with van der Waals surface area (Å²) >= 11 is 0. The molecule has 0 aliphatic rings. The van der Waals surface area contributed by atoms with E-state index >= 15 is 0 Å². The average molecular weight is 246 g/mol. The van der Waals surface area contributed by atoms with Crippen molar-refractivity contribution in [3.63, 3.8) is 0 Å². The molecule has 0 heterocycles. The molecule has 6 heteroatoms. The van der Waals surface area contributed by atoms with Crippen LogP contribution in [0.3, 0.4) is 0 Å². The molecule has 1 unspecified atom stereocenters. The molecule has 1 atom stereocenters. The number of halogens is 3. The maximum absolute atomic E-state index is 12.4. The van der Waals surface area contributed by atoms with E-state index in [9.17, 15) is 18.0 Å². The highest BCUT2D eigenvalue weighted by molar-refractivity contribution is 5.92. The summed E-state index contributed by atoms with van der Waals surface area (Å²) in [5, 5.41) is 2.39. The molecule has 3 N–H and O–H groups in total. The van der Waals surface area contributed by atoms with Gasteiger partial charge >= 0.3 is 6.18 Å². The zero-order chi connectivity index (χ0) is 13.1. The van der Waals surface area contributed by atoms with Crippen molar-refractivity contribution in [2.24, 2.45) is 11.7 Å². The highest BCUT2D eigenvalue weighted by Crippen LogP contribution is 2.30. The summed E-state index contributed by atoms with van der Waals surface area (Å²) in [6, 6.07) is 4.48. The summed E-state index contributed by atoms with van der Waals surface area (Å²) in [6.07, 6.45) is -4.42. The van der Waals surface area contributed by atoms with Crippen LogP contribution in [-0.2, 0) is 11.0 Å². The van der Waals surface area contributed by atoms with Crippen LogP contribution in [0.15, 0.2) is 24.3 Å². The molecule has 0 bridgehead atoms. The minimum atomic E-state index is -4.42. The summed E-state index contributed by atoms with van der Waals surface area (Å²) in [6.45, 7) is 1.74. The summed E-state index contributed by atoms with van der Waals surface area (Å²) in [5.74, 6) is -0.837. The third-order valence-electron chi connectivity index (χ3n) is 2.26. The Bertz CT molecular complexity index is 404. The lowest BCUT2D eigenvalue weighted by Crippen LogP contribution is -2.26. The number of hydrogen-bond acceptors (Lipinski definition) is 2. The number of nitrogens with one attached hydrogen (secondary N) is 1. The van der Waals surface area contributed by atoms with Gasteiger partial charge in [-0.25, -0.2) is 0 Å². The van der Waals surface area contributed by atoms with E-state index in [4.69, 9.17) is 5.73 Å². The van der Waals surface area contributed by atoms with E-state index in [1.54, 1.807) is 6.92 Å². The Morgan fingerprint density at radius 3 is 2.65 bits per heavy atom. The van der Waals surface area contributed by atoms with Crippen molar-refractivity contribution >= 4 is 11.6 Å². The maximum Gasteiger partial charge on any atom is 0.416 e. The molecule has 0 aliphatic carbocycles. The minimum absolute atomic E-state index is 0.116. The second-order valence-corrected chi connectivity index (χ2v) is 3.70. The lowest BCUT2D eigenvalue weighted by atomic mass is 10.1. The Balaban J connectivity index is 2.83. The van der Waals surface area contributed by atoms with Crippen LogP contribution >= 0.6 is 0 Å². The van der Waals surface area contributed by atoms with Crippen molar-refractivity contribution in [1.29, 1.82) is 0 Å². The molecule has 0 radical (unpaired) electrons. The fraction of sp³-hybridized carbons (Fsp3) is 0.364. The van der Waals surface area contributed by atoms with Gasteiger partial charge in [0.1, 0.15) is 0 Å². The van der Waals surface area contributed by atoms with E-state index < -0.39 is 23.6 Å². The van der Waals surface area contributed by atoms with Crippen LogP contribution in [0.5, 0.6) is 0 Å². The van der Waals surface area contributed by atoms with Crippen LogP contribution < -0.4 is 11.1 Å². The lowest BCUT2D eigenvalue weighted by Gasteiger charge is -2.12. The van der Waals surface area contributed by atoms with Crippen molar-refractivity contribution in [2.45, 2.75) is 13.1 Å². The van der Waals surface area contributed by atoms with Crippen molar-refractivity contribution in [3.05, 3.63) is 29.8 Å². The summed E-state index contributed by atoms with van der Waals surface area (Å²) < 4.78 is 37.2. The van der Waals surface area contributed by atoms with Gasteiger partial charge in [-0.1, -0.05) is 13.0 Å². The normalized spacial score (nSPS) is 13.2. The number of hydrogen-bond donors (Lipinski definition) is 2. The van der Waals surface area contributed by atoms with Crippen LogP contribution in [0.1, 0.15) is 12.5 Å². The second kappa shape index (κ2) is 5.18. The fourth-order valence-electron chi connectivity index (χ4n) is 1.15. The first-order valence-corrected chi connectivity index (χ1v) is 5.02. The largest absolute Gasteiger partial charge is 0.416 e. The standard InChI is InChI=1S/C11H13F3N2O/c1-7(6-15)10(17)16-9-4-2-3-8(5-9)11(12,13)14/h2-5,7H,6,15H2,1H3,(H,16,17). The number of carbonyl (C=O) groups is 1. The smallest absolute Gasteiger partial charge is 0.330 e. The third kappa shape index (κ3) is 3.74. The van der Waals surface area contributed by atoms with Gasteiger partial charge in [-0.2, -0.15) is 13.2 Å². The summed E-state index contributed by atoms with van der Waals surface area (Å²) in [7, 11) is 0. The fourth-order valence-corrected chi connectivity index (χ4v) is 1.15. The van der Waals surface area contributed by atoms with Gasteiger partial charge in [0.2, 0.25) is 5.91 Å². The zero-order valence-corrected chi connectivity index (χ0v) is 9.21.